The number of hydrogen-bond acceptors (Lipinski definition) is 4. The van der Waals surface area contributed by atoms with Crippen molar-refractivity contribution < 1.29 is 5.11 Å². The van der Waals surface area contributed by atoms with E-state index >= 15 is 0 Å². The molecule has 0 aliphatic heterocycles. The molecule has 0 amide bonds. The average Bonchev–Trinajstić information content (AvgIpc) is 2.78. The Bertz CT molecular complexity index is 328. The van der Waals surface area contributed by atoms with E-state index in [1.165, 1.54) is 11.5 Å². The maximum atomic E-state index is 10.2. The first kappa shape index (κ1) is 8.87. The quantitative estimate of drug-likeness (QED) is 0.827. The lowest BCUT2D eigenvalue weighted by Crippen LogP contribution is -2.22. The maximum Gasteiger partial charge on any atom is 0.130 e. The first-order chi connectivity index (χ1) is 6.21. The van der Waals surface area contributed by atoms with Crippen molar-refractivity contribution in [3.63, 3.8) is 0 Å². The van der Waals surface area contributed by atoms with E-state index in [0.717, 1.165) is 11.3 Å². The van der Waals surface area contributed by atoms with Crippen molar-refractivity contribution in [2.45, 2.75) is 12.5 Å². The van der Waals surface area contributed by atoms with Crippen molar-refractivity contribution in [2.75, 3.05) is 0 Å². The van der Waals surface area contributed by atoms with E-state index in [0.29, 0.717) is 0 Å². The van der Waals surface area contributed by atoms with Gasteiger partial charge in [0.05, 0.1) is 5.69 Å². The Hall–Kier alpha value is -0.710. The topological polar surface area (TPSA) is 33.1 Å². The van der Waals surface area contributed by atoms with E-state index in [9.17, 15) is 5.11 Å². The summed E-state index contributed by atoms with van der Waals surface area (Å²) in [7, 11) is 0. The fourth-order valence-corrected chi connectivity index (χ4v) is 2.51. The van der Waals surface area contributed by atoms with Crippen LogP contribution < -0.4 is 0 Å². The highest BCUT2D eigenvalue weighted by Gasteiger charge is 2.27. The third-order valence-corrected chi connectivity index (χ3v) is 3.26. The molecule has 0 saturated heterocycles. The molecule has 4 heteroatoms. The van der Waals surface area contributed by atoms with E-state index in [4.69, 9.17) is 0 Å². The standard InChI is InChI=1S/C9H9NOS2/c1-9(11,7-2-4-12-6-7)8-3-5-13-10-8/h2-6,11H,1H3. The Kier molecular flexibility index (Phi) is 2.19. The zero-order valence-corrected chi connectivity index (χ0v) is 8.73. The van der Waals surface area contributed by atoms with Gasteiger partial charge in [-0.3, -0.25) is 0 Å². The fraction of sp³-hybridized carbons (Fsp3) is 0.222. The molecule has 1 unspecified atom stereocenters. The van der Waals surface area contributed by atoms with Crippen LogP contribution in [0.5, 0.6) is 0 Å². The molecule has 68 valence electrons. The molecule has 0 fully saturated rings. The van der Waals surface area contributed by atoms with Gasteiger partial charge in [0, 0.05) is 5.38 Å². The Morgan fingerprint density at radius 3 is 2.77 bits per heavy atom. The Morgan fingerprint density at radius 2 is 2.23 bits per heavy atom. The van der Waals surface area contributed by atoms with Gasteiger partial charge in [-0.05, 0) is 46.9 Å². The molecule has 13 heavy (non-hydrogen) atoms. The van der Waals surface area contributed by atoms with Gasteiger partial charge in [0.25, 0.3) is 0 Å². The number of aliphatic hydroxyl groups is 1. The van der Waals surface area contributed by atoms with Gasteiger partial charge in [-0.1, -0.05) is 0 Å². The second kappa shape index (κ2) is 3.21. The van der Waals surface area contributed by atoms with Gasteiger partial charge in [0.1, 0.15) is 5.60 Å². The smallest absolute Gasteiger partial charge is 0.130 e. The van der Waals surface area contributed by atoms with Crippen LogP contribution in [0.3, 0.4) is 0 Å². The van der Waals surface area contributed by atoms with Gasteiger partial charge in [0.2, 0.25) is 0 Å². The number of aromatic nitrogens is 1. The number of nitrogens with zero attached hydrogens (tertiary/aromatic N) is 1. The van der Waals surface area contributed by atoms with Crippen LogP contribution >= 0.6 is 22.9 Å². The van der Waals surface area contributed by atoms with E-state index in [2.05, 4.69) is 4.37 Å². The molecule has 1 N–H and O–H groups in total. The summed E-state index contributed by atoms with van der Waals surface area (Å²) >= 11 is 2.94. The molecule has 0 aromatic carbocycles. The Morgan fingerprint density at radius 1 is 1.38 bits per heavy atom. The highest BCUT2D eigenvalue weighted by atomic mass is 32.1. The summed E-state index contributed by atoms with van der Waals surface area (Å²) in [4.78, 5) is 0. The summed E-state index contributed by atoms with van der Waals surface area (Å²) in [6.07, 6.45) is 0. The van der Waals surface area contributed by atoms with Crippen molar-refractivity contribution in [3.8, 4) is 0 Å². The lowest BCUT2D eigenvalue weighted by molar-refractivity contribution is 0.0990. The molecule has 0 bridgehead atoms. The summed E-state index contributed by atoms with van der Waals surface area (Å²) < 4.78 is 4.14. The molecule has 2 rings (SSSR count). The Labute approximate surface area is 84.7 Å². The number of rotatable bonds is 2. The summed E-state index contributed by atoms with van der Waals surface area (Å²) in [5.74, 6) is 0. The minimum atomic E-state index is -0.944. The van der Waals surface area contributed by atoms with Gasteiger partial charge < -0.3 is 5.11 Å². The van der Waals surface area contributed by atoms with E-state index in [-0.39, 0.29) is 0 Å². The molecule has 0 spiro atoms. The van der Waals surface area contributed by atoms with Gasteiger partial charge in [0.15, 0.2) is 0 Å². The van der Waals surface area contributed by atoms with Crippen LogP contribution in [0.2, 0.25) is 0 Å². The van der Waals surface area contributed by atoms with Gasteiger partial charge in [-0.2, -0.15) is 15.7 Å². The van der Waals surface area contributed by atoms with Crippen LogP contribution in [0.4, 0.5) is 0 Å². The number of thiophene rings is 1. The molecule has 2 nitrogen and oxygen atoms in total. The van der Waals surface area contributed by atoms with Gasteiger partial charge in [-0.15, -0.1) is 0 Å². The third kappa shape index (κ3) is 1.52. The van der Waals surface area contributed by atoms with Crippen LogP contribution in [-0.2, 0) is 5.60 Å². The normalized spacial score (nSPS) is 15.5. The van der Waals surface area contributed by atoms with Crippen LogP contribution in [0.15, 0.2) is 28.3 Å². The first-order valence-electron chi connectivity index (χ1n) is 3.87. The van der Waals surface area contributed by atoms with Gasteiger partial charge in [-0.25, -0.2) is 0 Å². The van der Waals surface area contributed by atoms with Crippen LogP contribution in [0.25, 0.3) is 0 Å². The van der Waals surface area contributed by atoms with Crippen LogP contribution in [0.1, 0.15) is 18.2 Å². The van der Waals surface area contributed by atoms with E-state index in [1.54, 1.807) is 18.3 Å². The number of hydrogen-bond donors (Lipinski definition) is 1. The second-order valence-corrected chi connectivity index (χ2v) is 4.41. The SMILES string of the molecule is CC(O)(c1ccsc1)c1ccsn1. The maximum absolute atomic E-state index is 10.2. The van der Waals surface area contributed by atoms with Gasteiger partial charge >= 0.3 is 0 Å². The molecule has 2 aromatic rings. The summed E-state index contributed by atoms with van der Waals surface area (Å²) in [6, 6.07) is 3.77. The van der Waals surface area contributed by atoms with E-state index < -0.39 is 5.60 Å². The molecule has 0 aliphatic carbocycles. The second-order valence-electron chi connectivity index (χ2n) is 2.97. The summed E-state index contributed by atoms with van der Waals surface area (Å²) in [6.45, 7) is 1.77. The summed E-state index contributed by atoms with van der Waals surface area (Å²) in [5.41, 5.74) is 0.680. The van der Waals surface area contributed by atoms with E-state index in [1.807, 2.05) is 28.3 Å². The molecule has 2 heterocycles. The Balaban J connectivity index is 2.42. The van der Waals surface area contributed by atoms with Crippen molar-refractivity contribution in [3.05, 3.63) is 39.5 Å². The van der Waals surface area contributed by atoms with Crippen molar-refractivity contribution in [1.82, 2.24) is 4.37 Å². The predicted molar refractivity (Wildman–Crippen MR) is 55.1 cm³/mol. The van der Waals surface area contributed by atoms with Crippen LogP contribution in [-0.4, -0.2) is 9.48 Å². The third-order valence-electron chi connectivity index (χ3n) is 2.02. The van der Waals surface area contributed by atoms with Crippen molar-refractivity contribution >= 4 is 22.9 Å². The monoisotopic (exact) mass is 211 g/mol. The molecular formula is C9H9NOS2. The highest BCUT2D eigenvalue weighted by molar-refractivity contribution is 7.08. The lowest BCUT2D eigenvalue weighted by atomic mass is 9.96. The minimum absolute atomic E-state index is 0.718. The predicted octanol–water partition coefficient (Wildman–Crippen LogP) is 2.46. The van der Waals surface area contributed by atoms with Crippen molar-refractivity contribution in [1.29, 1.82) is 0 Å². The largest absolute Gasteiger partial charge is 0.379 e. The molecule has 1 atom stereocenters. The van der Waals surface area contributed by atoms with Crippen LogP contribution in [0, 0.1) is 0 Å². The average molecular weight is 211 g/mol. The fourth-order valence-electron chi connectivity index (χ4n) is 1.15. The zero-order chi connectivity index (χ0) is 9.31. The molecular weight excluding hydrogens is 202 g/mol. The molecule has 2 aromatic heterocycles. The lowest BCUT2D eigenvalue weighted by Gasteiger charge is -2.19. The van der Waals surface area contributed by atoms with Crippen molar-refractivity contribution in [2.24, 2.45) is 0 Å². The zero-order valence-electron chi connectivity index (χ0n) is 7.10. The molecule has 0 saturated carbocycles. The first-order valence-corrected chi connectivity index (χ1v) is 5.65. The highest BCUT2D eigenvalue weighted by Crippen LogP contribution is 2.29. The molecule has 0 aliphatic rings. The summed E-state index contributed by atoms with van der Waals surface area (Å²) in [5, 5.41) is 16.0. The minimum Gasteiger partial charge on any atom is -0.379 e. The molecule has 0 radical (unpaired) electrons.